The van der Waals surface area contributed by atoms with E-state index in [0.29, 0.717) is 28.2 Å². The van der Waals surface area contributed by atoms with E-state index in [4.69, 9.17) is 9.47 Å². The number of rotatable bonds is 5. The minimum atomic E-state index is -3.71. The van der Waals surface area contributed by atoms with Gasteiger partial charge in [-0.2, -0.15) is 0 Å². The average molecular weight is 411 g/mol. The van der Waals surface area contributed by atoms with Crippen LogP contribution in [0.1, 0.15) is 11.3 Å². The van der Waals surface area contributed by atoms with Crippen molar-refractivity contribution in [2.24, 2.45) is 0 Å². The molecule has 1 aliphatic heterocycles. The van der Waals surface area contributed by atoms with E-state index in [-0.39, 0.29) is 22.4 Å². The fourth-order valence-electron chi connectivity index (χ4n) is 2.90. The molecule has 0 amide bonds. The van der Waals surface area contributed by atoms with E-state index >= 15 is 0 Å². The van der Waals surface area contributed by atoms with Crippen LogP contribution in [0, 0.1) is 6.92 Å². The largest absolute Gasteiger partial charge is 0.586 e. The lowest BCUT2D eigenvalue weighted by Gasteiger charge is -2.13. The van der Waals surface area contributed by atoms with Crippen LogP contribution in [-0.2, 0) is 16.6 Å². The number of pyridine rings is 1. The first-order chi connectivity index (χ1) is 13.3. The standard InChI is InChI=1S/C17H15F2N3O5S/c1-8-6-20-11(15(25-3)14(8)24-2)7-28(23)16-21-9-4-12-13(5-10(9)22-16)27-17(18,19)26-12/h4-6H,7H2,1-3H3,(H,21,22). The number of hydrogen-bond donors (Lipinski definition) is 1. The zero-order chi connectivity index (χ0) is 20.1. The number of benzene rings is 1. The van der Waals surface area contributed by atoms with Crippen molar-refractivity contribution in [1.82, 2.24) is 15.0 Å². The third kappa shape index (κ3) is 3.11. The van der Waals surface area contributed by atoms with E-state index in [1.807, 2.05) is 6.92 Å². The first kappa shape index (κ1) is 18.4. The maximum absolute atomic E-state index is 13.2. The van der Waals surface area contributed by atoms with Gasteiger partial charge in [0.1, 0.15) is 0 Å². The van der Waals surface area contributed by atoms with Gasteiger partial charge in [-0.3, -0.25) is 9.19 Å². The lowest BCUT2D eigenvalue weighted by Crippen LogP contribution is -2.25. The molecule has 0 aliphatic carbocycles. The molecule has 1 atom stereocenters. The van der Waals surface area contributed by atoms with Crippen molar-refractivity contribution in [3.8, 4) is 23.0 Å². The van der Waals surface area contributed by atoms with Gasteiger partial charge in [-0.1, -0.05) is 0 Å². The van der Waals surface area contributed by atoms with E-state index in [1.165, 1.54) is 26.4 Å². The molecule has 0 bridgehead atoms. The third-order valence-electron chi connectivity index (χ3n) is 4.12. The quantitative estimate of drug-likeness (QED) is 0.690. The summed E-state index contributed by atoms with van der Waals surface area (Å²) in [6.45, 7) is 1.82. The van der Waals surface area contributed by atoms with Crippen molar-refractivity contribution >= 4 is 21.8 Å². The summed E-state index contributed by atoms with van der Waals surface area (Å²) in [7, 11) is 1.38. The molecule has 4 rings (SSSR count). The molecule has 3 aromatic rings. The van der Waals surface area contributed by atoms with Gasteiger partial charge in [-0.05, 0) is 6.92 Å². The van der Waals surface area contributed by atoms with Crippen LogP contribution in [0.2, 0.25) is 0 Å². The Hall–Kier alpha value is -2.95. The molecule has 28 heavy (non-hydrogen) atoms. The van der Waals surface area contributed by atoms with Gasteiger partial charge >= 0.3 is 6.29 Å². The molecule has 3 heterocycles. The van der Waals surface area contributed by atoms with Gasteiger partial charge in [0.25, 0.3) is 0 Å². The Labute approximate surface area is 160 Å². The third-order valence-corrected chi connectivity index (χ3v) is 5.28. The Balaban J connectivity index is 1.64. The monoisotopic (exact) mass is 411 g/mol. The van der Waals surface area contributed by atoms with E-state index in [0.717, 1.165) is 5.56 Å². The molecule has 148 valence electrons. The van der Waals surface area contributed by atoms with Gasteiger partial charge in [-0.15, -0.1) is 8.78 Å². The van der Waals surface area contributed by atoms with Crippen molar-refractivity contribution in [2.45, 2.75) is 24.1 Å². The molecule has 0 fully saturated rings. The molecule has 1 aliphatic rings. The molecule has 8 nitrogen and oxygen atoms in total. The highest BCUT2D eigenvalue weighted by Crippen LogP contribution is 2.43. The van der Waals surface area contributed by atoms with E-state index in [9.17, 15) is 13.0 Å². The minimum Gasteiger partial charge on any atom is -0.492 e. The highest BCUT2D eigenvalue weighted by Gasteiger charge is 2.43. The molecule has 0 radical (unpaired) electrons. The lowest BCUT2D eigenvalue weighted by atomic mass is 10.2. The van der Waals surface area contributed by atoms with Crippen LogP contribution in [0.4, 0.5) is 8.78 Å². The van der Waals surface area contributed by atoms with Crippen molar-refractivity contribution in [1.29, 1.82) is 0 Å². The van der Waals surface area contributed by atoms with Gasteiger partial charge in [0.2, 0.25) is 0 Å². The SMILES string of the molecule is COc1c(C)cnc(CS(=O)c2nc3cc4c(cc3[nH]2)OC(F)(F)O4)c1OC. The summed E-state index contributed by atoms with van der Waals surface area (Å²) < 4.78 is 58.6. The number of methoxy groups -OCH3 is 2. The van der Waals surface area contributed by atoms with Crippen LogP contribution in [0.5, 0.6) is 23.0 Å². The second-order valence-electron chi connectivity index (χ2n) is 5.97. The second kappa shape index (κ2) is 6.59. The number of imidazole rings is 1. The molecular formula is C17H15F2N3O5S. The summed E-state index contributed by atoms with van der Waals surface area (Å²) in [6.07, 6.45) is -2.11. The first-order valence-corrected chi connectivity index (χ1v) is 9.37. The van der Waals surface area contributed by atoms with Crippen molar-refractivity contribution < 1.29 is 31.9 Å². The maximum Gasteiger partial charge on any atom is 0.586 e. The number of aryl methyl sites for hydroxylation is 1. The van der Waals surface area contributed by atoms with Gasteiger partial charge in [0.05, 0.1) is 47.5 Å². The van der Waals surface area contributed by atoms with Crippen LogP contribution in [0.3, 0.4) is 0 Å². The smallest absolute Gasteiger partial charge is 0.492 e. The predicted molar refractivity (Wildman–Crippen MR) is 94.5 cm³/mol. The fraction of sp³-hybridized carbons (Fsp3) is 0.294. The molecule has 0 saturated carbocycles. The Kier molecular flexibility index (Phi) is 4.33. The Morgan fingerprint density at radius 3 is 2.54 bits per heavy atom. The lowest BCUT2D eigenvalue weighted by molar-refractivity contribution is -0.286. The van der Waals surface area contributed by atoms with Gasteiger partial charge in [0.15, 0.2) is 28.2 Å². The summed E-state index contributed by atoms with van der Waals surface area (Å²) in [5, 5.41) is 0.161. The summed E-state index contributed by atoms with van der Waals surface area (Å²) in [6, 6.07) is 2.63. The zero-order valence-corrected chi connectivity index (χ0v) is 15.9. The summed E-state index contributed by atoms with van der Waals surface area (Å²) in [4.78, 5) is 11.4. The molecule has 1 unspecified atom stereocenters. The van der Waals surface area contributed by atoms with Crippen LogP contribution in [-0.4, -0.2) is 39.7 Å². The molecule has 11 heteroatoms. The van der Waals surface area contributed by atoms with Crippen LogP contribution in [0.15, 0.2) is 23.5 Å². The van der Waals surface area contributed by atoms with Crippen molar-refractivity contribution in [3.05, 3.63) is 29.6 Å². The van der Waals surface area contributed by atoms with Crippen molar-refractivity contribution in [2.75, 3.05) is 14.2 Å². The average Bonchev–Trinajstić information content (AvgIpc) is 3.18. The Bertz CT molecular complexity index is 1060. The molecule has 2 aromatic heterocycles. The van der Waals surface area contributed by atoms with Crippen LogP contribution >= 0.6 is 0 Å². The highest BCUT2D eigenvalue weighted by atomic mass is 32.2. The number of hydrogen-bond acceptors (Lipinski definition) is 7. The number of H-pyrrole nitrogens is 1. The molecule has 0 saturated heterocycles. The van der Waals surface area contributed by atoms with Gasteiger partial charge < -0.3 is 23.9 Å². The van der Waals surface area contributed by atoms with E-state index < -0.39 is 17.1 Å². The van der Waals surface area contributed by atoms with Crippen molar-refractivity contribution in [3.63, 3.8) is 0 Å². The Morgan fingerprint density at radius 2 is 1.86 bits per heavy atom. The summed E-state index contributed by atoms with van der Waals surface area (Å²) in [5.41, 5.74) is 1.94. The number of nitrogens with zero attached hydrogens (tertiary/aromatic N) is 2. The van der Waals surface area contributed by atoms with Crippen LogP contribution in [0.25, 0.3) is 11.0 Å². The highest BCUT2D eigenvalue weighted by molar-refractivity contribution is 7.84. The summed E-state index contributed by atoms with van der Waals surface area (Å²) >= 11 is 0. The number of nitrogens with one attached hydrogen (secondary N) is 1. The normalized spacial score (nSPS) is 15.6. The first-order valence-electron chi connectivity index (χ1n) is 8.05. The Morgan fingerprint density at radius 1 is 1.18 bits per heavy atom. The number of aromatic amines is 1. The van der Waals surface area contributed by atoms with Gasteiger partial charge in [0, 0.05) is 23.9 Å². The number of ether oxygens (including phenoxy) is 4. The fourth-order valence-corrected chi connectivity index (χ4v) is 3.91. The number of aromatic nitrogens is 3. The molecule has 1 N–H and O–H groups in total. The number of alkyl halides is 2. The molecule has 0 spiro atoms. The topological polar surface area (TPSA) is 95.6 Å². The maximum atomic E-state index is 13.2. The van der Waals surface area contributed by atoms with E-state index in [2.05, 4.69) is 24.4 Å². The van der Waals surface area contributed by atoms with Gasteiger partial charge in [-0.25, -0.2) is 4.98 Å². The molecular weight excluding hydrogens is 396 g/mol. The number of fused-ring (bicyclic) bond motifs is 2. The number of halogens is 2. The van der Waals surface area contributed by atoms with E-state index in [1.54, 1.807) is 6.20 Å². The second-order valence-corrected chi connectivity index (χ2v) is 7.34. The summed E-state index contributed by atoms with van der Waals surface area (Å²) in [5.74, 6) is 0.679. The predicted octanol–water partition coefficient (Wildman–Crippen LogP) is 2.91. The zero-order valence-electron chi connectivity index (χ0n) is 15.0. The van der Waals surface area contributed by atoms with Crippen LogP contribution < -0.4 is 18.9 Å². The minimum absolute atomic E-state index is 0.0183. The molecule has 1 aromatic carbocycles.